The molecule has 0 fully saturated rings. The topological polar surface area (TPSA) is 17.1 Å². The fraction of sp³-hybridized carbons (Fsp3) is 0.0833. The van der Waals surface area contributed by atoms with Crippen LogP contribution in [0.15, 0.2) is 33.4 Å². The van der Waals surface area contributed by atoms with Crippen LogP contribution in [0.25, 0.3) is 0 Å². The number of ketones is 1. The average Bonchev–Trinajstić information content (AvgIpc) is 2.67. The summed E-state index contributed by atoms with van der Waals surface area (Å²) in [7, 11) is 0. The van der Waals surface area contributed by atoms with Crippen molar-refractivity contribution in [1.82, 2.24) is 0 Å². The fourth-order valence-electron chi connectivity index (χ4n) is 1.39. The van der Waals surface area contributed by atoms with Crippen LogP contribution in [0, 0.1) is 12.7 Å². The van der Waals surface area contributed by atoms with Gasteiger partial charge in [-0.2, -0.15) is 11.3 Å². The maximum atomic E-state index is 13.0. The second kappa shape index (κ2) is 4.47. The minimum absolute atomic E-state index is 0.0700. The second-order valence-electron chi connectivity index (χ2n) is 3.43. The van der Waals surface area contributed by atoms with E-state index in [1.807, 2.05) is 17.7 Å². The SMILES string of the molecule is Cc1cscc1C(=O)c1ccc(F)c(Br)c1. The van der Waals surface area contributed by atoms with E-state index in [0.717, 1.165) is 5.56 Å². The Balaban J connectivity index is 2.42. The van der Waals surface area contributed by atoms with E-state index < -0.39 is 0 Å². The highest BCUT2D eigenvalue weighted by atomic mass is 79.9. The van der Waals surface area contributed by atoms with Gasteiger partial charge in [-0.25, -0.2) is 4.39 Å². The van der Waals surface area contributed by atoms with Gasteiger partial charge in [0.15, 0.2) is 5.78 Å². The van der Waals surface area contributed by atoms with Crippen LogP contribution in [0.3, 0.4) is 0 Å². The molecule has 0 N–H and O–H groups in total. The highest BCUT2D eigenvalue weighted by Gasteiger charge is 2.13. The van der Waals surface area contributed by atoms with E-state index >= 15 is 0 Å². The zero-order valence-electron chi connectivity index (χ0n) is 8.46. The van der Waals surface area contributed by atoms with E-state index in [9.17, 15) is 9.18 Å². The number of benzene rings is 1. The molecule has 0 amide bonds. The van der Waals surface area contributed by atoms with Crippen molar-refractivity contribution in [1.29, 1.82) is 0 Å². The van der Waals surface area contributed by atoms with Crippen LogP contribution >= 0.6 is 27.3 Å². The van der Waals surface area contributed by atoms with E-state index in [4.69, 9.17) is 0 Å². The molecule has 0 saturated carbocycles. The first-order valence-electron chi connectivity index (χ1n) is 4.62. The van der Waals surface area contributed by atoms with Gasteiger partial charge in [0, 0.05) is 16.5 Å². The predicted octanol–water partition coefficient (Wildman–Crippen LogP) is 4.19. The second-order valence-corrected chi connectivity index (χ2v) is 5.02. The number of carbonyl (C=O) groups excluding carboxylic acids is 1. The number of hydrogen-bond acceptors (Lipinski definition) is 2. The predicted molar refractivity (Wildman–Crippen MR) is 66.6 cm³/mol. The first-order valence-corrected chi connectivity index (χ1v) is 6.35. The molecule has 1 aromatic carbocycles. The normalized spacial score (nSPS) is 10.4. The molecule has 1 nitrogen and oxygen atoms in total. The molecule has 82 valence electrons. The Morgan fingerprint density at radius 3 is 2.69 bits per heavy atom. The first kappa shape index (κ1) is 11.5. The summed E-state index contributed by atoms with van der Waals surface area (Å²) in [6.45, 7) is 1.89. The van der Waals surface area contributed by atoms with Crippen LogP contribution in [0.5, 0.6) is 0 Å². The summed E-state index contributed by atoms with van der Waals surface area (Å²) in [6.07, 6.45) is 0. The Hall–Kier alpha value is -1.00. The number of halogens is 2. The van der Waals surface area contributed by atoms with Crippen molar-refractivity contribution >= 4 is 33.0 Å². The van der Waals surface area contributed by atoms with Crippen molar-refractivity contribution in [2.24, 2.45) is 0 Å². The lowest BCUT2D eigenvalue weighted by Gasteiger charge is -2.01. The van der Waals surface area contributed by atoms with Crippen LogP contribution in [0.4, 0.5) is 4.39 Å². The Bertz CT molecular complexity index is 548. The summed E-state index contributed by atoms with van der Waals surface area (Å²) < 4.78 is 13.3. The third kappa shape index (κ3) is 2.08. The quantitative estimate of drug-likeness (QED) is 0.760. The zero-order chi connectivity index (χ0) is 11.7. The molecule has 0 spiro atoms. The smallest absolute Gasteiger partial charge is 0.194 e. The van der Waals surface area contributed by atoms with Crippen molar-refractivity contribution in [3.8, 4) is 0 Å². The first-order chi connectivity index (χ1) is 7.59. The minimum atomic E-state index is -0.362. The standard InChI is InChI=1S/C12H8BrFOS/c1-7-5-16-6-9(7)12(15)8-2-3-11(14)10(13)4-8/h2-6H,1H3. The van der Waals surface area contributed by atoms with Crippen LogP contribution in [-0.2, 0) is 0 Å². The van der Waals surface area contributed by atoms with Gasteiger partial charge in [0.05, 0.1) is 4.47 Å². The average molecular weight is 299 g/mol. The van der Waals surface area contributed by atoms with Crippen LogP contribution in [0.2, 0.25) is 0 Å². The number of rotatable bonds is 2. The Morgan fingerprint density at radius 2 is 2.12 bits per heavy atom. The van der Waals surface area contributed by atoms with Crippen molar-refractivity contribution < 1.29 is 9.18 Å². The van der Waals surface area contributed by atoms with E-state index in [-0.39, 0.29) is 11.6 Å². The summed E-state index contributed by atoms with van der Waals surface area (Å²) in [5.74, 6) is -0.432. The molecule has 4 heteroatoms. The molecule has 0 aliphatic heterocycles. The molecule has 0 aliphatic carbocycles. The fourth-order valence-corrected chi connectivity index (χ4v) is 2.59. The molecule has 0 radical (unpaired) electrons. The molecule has 0 unspecified atom stereocenters. The van der Waals surface area contributed by atoms with Gasteiger partial charge in [0.2, 0.25) is 0 Å². The maximum absolute atomic E-state index is 13.0. The Morgan fingerprint density at radius 1 is 1.38 bits per heavy atom. The molecule has 2 aromatic rings. The molecular weight excluding hydrogens is 291 g/mol. The Labute approximate surface area is 105 Å². The van der Waals surface area contributed by atoms with Gasteiger partial charge >= 0.3 is 0 Å². The van der Waals surface area contributed by atoms with Crippen molar-refractivity contribution in [2.75, 3.05) is 0 Å². The van der Waals surface area contributed by atoms with Gasteiger partial charge < -0.3 is 0 Å². The highest BCUT2D eigenvalue weighted by molar-refractivity contribution is 9.10. The Kier molecular flexibility index (Phi) is 3.21. The van der Waals surface area contributed by atoms with Crippen molar-refractivity contribution in [3.05, 3.63) is 55.9 Å². The number of hydrogen-bond donors (Lipinski definition) is 0. The molecule has 1 heterocycles. The van der Waals surface area contributed by atoms with Gasteiger partial charge in [-0.1, -0.05) is 0 Å². The monoisotopic (exact) mass is 298 g/mol. The lowest BCUT2D eigenvalue weighted by Crippen LogP contribution is -2.01. The largest absolute Gasteiger partial charge is 0.289 e. The summed E-state index contributed by atoms with van der Waals surface area (Å²) in [4.78, 5) is 12.1. The van der Waals surface area contributed by atoms with Crippen molar-refractivity contribution in [2.45, 2.75) is 6.92 Å². The van der Waals surface area contributed by atoms with E-state index in [1.165, 1.54) is 29.5 Å². The van der Waals surface area contributed by atoms with Gasteiger partial charge in [0.1, 0.15) is 5.82 Å². The maximum Gasteiger partial charge on any atom is 0.194 e. The molecule has 0 aliphatic rings. The van der Waals surface area contributed by atoms with Crippen LogP contribution in [0.1, 0.15) is 21.5 Å². The molecular formula is C12H8BrFOS. The molecule has 0 bridgehead atoms. The summed E-state index contributed by atoms with van der Waals surface area (Å²) in [5, 5.41) is 3.74. The summed E-state index contributed by atoms with van der Waals surface area (Å²) in [6, 6.07) is 4.30. The highest BCUT2D eigenvalue weighted by Crippen LogP contribution is 2.22. The number of aryl methyl sites for hydroxylation is 1. The minimum Gasteiger partial charge on any atom is -0.289 e. The third-order valence-corrected chi connectivity index (χ3v) is 3.75. The van der Waals surface area contributed by atoms with E-state index in [2.05, 4.69) is 15.9 Å². The lowest BCUT2D eigenvalue weighted by atomic mass is 10.0. The van der Waals surface area contributed by atoms with Gasteiger partial charge in [-0.05, 0) is 52.0 Å². The van der Waals surface area contributed by atoms with E-state index in [0.29, 0.717) is 15.6 Å². The molecule has 0 saturated heterocycles. The van der Waals surface area contributed by atoms with Crippen LogP contribution < -0.4 is 0 Å². The zero-order valence-corrected chi connectivity index (χ0v) is 10.9. The third-order valence-electron chi connectivity index (χ3n) is 2.28. The molecule has 0 atom stereocenters. The number of carbonyl (C=O) groups is 1. The molecule has 16 heavy (non-hydrogen) atoms. The number of thiophene rings is 1. The van der Waals surface area contributed by atoms with E-state index in [1.54, 1.807) is 0 Å². The molecule has 1 aromatic heterocycles. The lowest BCUT2D eigenvalue weighted by molar-refractivity contribution is 0.103. The van der Waals surface area contributed by atoms with Crippen molar-refractivity contribution in [3.63, 3.8) is 0 Å². The van der Waals surface area contributed by atoms with Gasteiger partial charge in [-0.3, -0.25) is 4.79 Å². The van der Waals surface area contributed by atoms with Crippen LogP contribution in [-0.4, -0.2) is 5.78 Å². The summed E-state index contributed by atoms with van der Waals surface area (Å²) >= 11 is 4.56. The molecule has 2 rings (SSSR count). The summed E-state index contributed by atoms with van der Waals surface area (Å²) in [5.41, 5.74) is 2.13. The van der Waals surface area contributed by atoms with Gasteiger partial charge in [-0.15, -0.1) is 0 Å². The van der Waals surface area contributed by atoms with Gasteiger partial charge in [0.25, 0.3) is 0 Å².